The molecule has 0 N–H and O–H groups in total. The van der Waals surface area contributed by atoms with Crippen LogP contribution in [0.3, 0.4) is 0 Å². The van der Waals surface area contributed by atoms with E-state index in [1.165, 1.54) is 12.5 Å². The van der Waals surface area contributed by atoms with Crippen LogP contribution < -0.4 is 0 Å². The SMILES string of the molecule is CC(=O)c1ccccc1S(=O)c1c(C(C)C)cc(C(C)C)cc1C(C)C. The normalized spacial score (nSPS) is 12.8. The average Bonchev–Trinajstić information content (AvgIpc) is 2.59. The van der Waals surface area contributed by atoms with E-state index in [1.54, 1.807) is 6.07 Å². The Bertz CT molecular complexity index is 803. The standard InChI is InChI=1S/C23H30O2S/c1-14(2)18-12-20(15(3)4)23(21(13-18)16(5)6)26(25)22-11-9-8-10-19(22)17(7)24/h8-16H,1-7H3. The molecule has 0 radical (unpaired) electrons. The van der Waals surface area contributed by atoms with Crippen LogP contribution in [0.4, 0.5) is 0 Å². The molecule has 0 heterocycles. The molecule has 0 aliphatic heterocycles. The van der Waals surface area contributed by atoms with E-state index in [4.69, 9.17) is 0 Å². The highest BCUT2D eigenvalue weighted by Crippen LogP contribution is 2.36. The molecule has 0 amide bonds. The van der Waals surface area contributed by atoms with Gasteiger partial charge in [-0.2, -0.15) is 0 Å². The second-order valence-corrected chi connectivity index (χ2v) is 9.20. The molecular formula is C23H30O2S. The number of ketones is 1. The first-order valence-electron chi connectivity index (χ1n) is 9.34. The van der Waals surface area contributed by atoms with Gasteiger partial charge in [0.2, 0.25) is 0 Å². The van der Waals surface area contributed by atoms with Crippen molar-refractivity contribution in [2.75, 3.05) is 0 Å². The van der Waals surface area contributed by atoms with E-state index in [2.05, 4.69) is 53.7 Å². The minimum atomic E-state index is -1.39. The Balaban J connectivity index is 2.79. The zero-order valence-electron chi connectivity index (χ0n) is 16.9. The molecule has 0 aliphatic rings. The van der Waals surface area contributed by atoms with Crippen LogP contribution >= 0.6 is 0 Å². The summed E-state index contributed by atoms with van der Waals surface area (Å²) in [4.78, 5) is 13.5. The average molecular weight is 371 g/mol. The molecule has 0 spiro atoms. The van der Waals surface area contributed by atoms with E-state index in [1.807, 2.05) is 18.2 Å². The van der Waals surface area contributed by atoms with Gasteiger partial charge in [0.1, 0.15) is 0 Å². The summed E-state index contributed by atoms with van der Waals surface area (Å²) in [6, 6.07) is 11.7. The fourth-order valence-electron chi connectivity index (χ4n) is 3.13. The Morgan fingerprint density at radius 2 is 1.35 bits per heavy atom. The van der Waals surface area contributed by atoms with Crippen LogP contribution in [-0.2, 0) is 10.8 Å². The van der Waals surface area contributed by atoms with Crippen molar-refractivity contribution < 1.29 is 9.00 Å². The predicted molar refractivity (Wildman–Crippen MR) is 110 cm³/mol. The first-order valence-corrected chi connectivity index (χ1v) is 10.5. The van der Waals surface area contributed by atoms with Crippen LogP contribution in [0.15, 0.2) is 46.2 Å². The summed E-state index contributed by atoms with van der Waals surface area (Å²) in [6.45, 7) is 14.5. The Hall–Kier alpha value is -1.74. The van der Waals surface area contributed by atoms with Crippen molar-refractivity contribution in [2.24, 2.45) is 0 Å². The summed E-state index contributed by atoms with van der Waals surface area (Å²) in [7, 11) is -1.39. The molecule has 2 rings (SSSR count). The predicted octanol–water partition coefficient (Wildman–Crippen LogP) is 6.43. The highest BCUT2D eigenvalue weighted by Gasteiger charge is 2.24. The maximum absolute atomic E-state index is 13.7. The molecule has 2 aromatic carbocycles. The van der Waals surface area contributed by atoms with E-state index in [9.17, 15) is 9.00 Å². The lowest BCUT2D eigenvalue weighted by Gasteiger charge is -2.23. The maximum Gasteiger partial charge on any atom is 0.161 e. The smallest absolute Gasteiger partial charge is 0.161 e. The highest BCUT2D eigenvalue weighted by atomic mass is 32.2. The van der Waals surface area contributed by atoms with Gasteiger partial charge in [0.05, 0.1) is 20.6 Å². The second kappa shape index (κ2) is 8.30. The maximum atomic E-state index is 13.7. The van der Waals surface area contributed by atoms with Gasteiger partial charge in [-0.25, -0.2) is 4.21 Å². The first kappa shape index (κ1) is 20.6. The zero-order valence-corrected chi connectivity index (χ0v) is 17.7. The van der Waals surface area contributed by atoms with Gasteiger partial charge in [-0.05, 0) is 47.4 Å². The lowest BCUT2D eigenvalue weighted by molar-refractivity contribution is 0.101. The third kappa shape index (κ3) is 4.15. The number of hydrogen-bond acceptors (Lipinski definition) is 2. The van der Waals surface area contributed by atoms with Gasteiger partial charge in [-0.3, -0.25) is 4.79 Å². The van der Waals surface area contributed by atoms with E-state index in [0.717, 1.165) is 16.0 Å². The topological polar surface area (TPSA) is 34.1 Å². The number of carbonyl (C=O) groups excluding carboxylic acids is 1. The van der Waals surface area contributed by atoms with Gasteiger partial charge in [0.25, 0.3) is 0 Å². The van der Waals surface area contributed by atoms with Crippen LogP contribution in [-0.4, -0.2) is 9.99 Å². The molecule has 0 saturated carbocycles. The third-order valence-electron chi connectivity index (χ3n) is 4.73. The fourth-order valence-corrected chi connectivity index (χ4v) is 4.98. The number of carbonyl (C=O) groups is 1. The van der Waals surface area contributed by atoms with Crippen molar-refractivity contribution in [2.45, 2.75) is 76.0 Å². The minimum absolute atomic E-state index is 0.0510. The molecule has 2 nitrogen and oxygen atoms in total. The van der Waals surface area contributed by atoms with Crippen molar-refractivity contribution in [3.8, 4) is 0 Å². The van der Waals surface area contributed by atoms with Crippen LogP contribution in [0.5, 0.6) is 0 Å². The Kier molecular flexibility index (Phi) is 6.57. The van der Waals surface area contributed by atoms with Crippen molar-refractivity contribution in [1.29, 1.82) is 0 Å². The fraction of sp³-hybridized carbons (Fsp3) is 0.435. The summed E-state index contributed by atoms with van der Waals surface area (Å²) < 4.78 is 13.7. The van der Waals surface area contributed by atoms with E-state index >= 15 is 0 Å². The van der Waals surface area contributed by atoms with E-state index < -0.39 is 10.8 Å². The van der Waals surface area contributed by atoms with Gasteiger partial charge in [-0.1, -0.05) is 71.9 Å². The number of rotatable bonds is 6. The van der Waals surface area contributed by atoms with Crippen molar-refractivity contribution >= 4 is 16.6 Å². The molecule has 2 aromatic rings. The Morgan fingerprint density at radius 1 is 0.846 bits per heavy atom. The molecule has 0 aliphatic carbocycles. The van der Waals surface area contributed by atoms with Crippen LogP contribution in [0, 0.1) is 0 Å². The lowest BCUT2D eigenvalue weighted by Crippen LogP contribution is -2.10. The van der Waals surface area contributed by atoms with Gasteiger partial charge in [0, 0.05) is 5.56 Å². The van der Waals surface area contributed by atoms with Crippen molar-refractivity contribution in [3.63, 3.8) is 0 Å². The summed E-state index contributed by atoms with van der Waals surface area (Å²) >= 11 is 0. The molecule has 140 valence electrons. The quantitative estimate of drug-likeness (QED) is 0.549. The minimum Gasteiger partial charge on any atom is -0.294 e. The molecule has 0 saturated heterocycles. The van der Waals surface area contributed by atoms with E-state index in [-0.39, 0.29) is 17.6 Å². The second-order valence-electron chi connectivity index (χ2n) is 7.81. The van der Waals surface area contributed by atoms with Crippen LogP contribution in [0.2, 0.25) is 0 Å². The van der Waals surface area contributed by atoms with Crippen LogP contribution in [0.1, 0.15) is 93.3 Å². The highest BCUT2D eigenvalue weighted by molar-refractivity contribution is 7.85. The van der Waals surface area contributed by atoms with Gasteiger partial charge in [0.15, 0.2) is 5.78 Å². The Morgan fingerprint density at radius 3 is 1.77 bits per heavy atom. The number of benzene rings is 2. The number of Topliss-reactive ketones (excluding diaryl/α,β-unsaturated/α-hetero) is 1. The summed E-state index contributed by atoms with van der Waals surface area (Å²) in [5, 5.41) is 0. The molecule has 1 atom stereocenters. The van der Waals surface area contributed by atoms with Gasteiger partial charge in [-0.15, -0.1) is 0 Å². The summed E-state index contributed by atoms with van der Waals surface area (Å²) in [5.41, 5.74) is 4.06. The molecular weight excluding hydrogens is 340 g/mol. The molecule has 0 aromatic heterocycles. The molecule has 1 unspecified atom stereocenters. The van der Waals surface area contributed by atoms with E-state index in [0.29, 0.717) is 16.4 Å². The molecule has 3 heteroatoms. The largest absolute Gasteiger partial charge is 0.294 e. The lowest BCUT2D eigenvalue weighted by atomic mass is 9.89. The first-order chi connectivity index (χ1) is 12.1. The Labute approximate surface area is 160 Å². The number of hydrogen-bond donors (Lipinski definition) is 0. The monoisotopic (exact) mass is 370 g/mol. The molecule has 26 heavy (non-hydrogen) atoms. The molecule has 0 fully saturated rings. The van der Waals surface area contributed by atoms with Crippen LogP contribution in [0.25, 0.3) is 0 Å². The summed E-state index contributed by atoms with van der Waals surface area (Å²) in [6.07, 6.45) is 0. The summed E-state index contributed by atoms with van der Waals surface area (Å²) in [5.74, 6) is 0.881. The zero-order chi connectivity index (χ0) is 19.6. The van der Waals surface area contributed by atoms with Gasteiger partial charge >= 0.3 is 0 Å². The van der Waals surface area contributed by atoms with Crippen molar-refractivity contribution in [3.05, 3.63) is 58.7 Å². The van der Waals surface area contributed by atoms with Crippen molar-refractivity contribution in [1.82, 2.24) is 0 Å². The molecule has 0 bridgehead atoms. The third-order valence-corrected chi connectivity index (χ3v) is 6.33. The van der Waals surface area contributed by atoms with Gasteiger partial charge < -0.3 is 0 Å².